The zero-order chi connectivity index (χ0) is 14.7. The third kappa shape index (κ3) is 3.64. The Morgan fingerprint density at radius 1 is 1.24 bits per heavy atom. The smallest absolute Gasteiger partial charge is 0.135 e. The number of nitrogens with zero attached hydrogens (tertiary/aromatic N) is 3. The molecule has 0 saturated carbocycles. The summed E-state index contributed by atoms with van der Waals surface area (Å²) in [5, 5.41) is 12.3. The lowest BCUT2D eigenvalue weighted by molar-refractivity contribution is 0.0163. The van der Waals surface area contributed by atoms with Crippen molar-refractivity contribution in [2.75, 3.05) is 19.7 Å². The third-order valence-electron chi connectivity index (χ3n) is 4.67. The van der Waals surface area contributed by atoms with Crippen LogP contribution in [-0.2, 0) is 17.7 Å². The summed E-state index contributed by atoms with van der Waals surface area (Å²) in [6.07, 6.45) is 6.47. The number of aromatic nitrogens is 3. The van der Waals surface area contributed by atoms with Crippen LogP contribution in [0.2, 0.25) is 0 Å². The molecular formula is C16H28N4O. The summed E-state index contributed by atoms with van der Waals surface area (Å²) in [5.74, 6) is 3.46. The summed E-state index contributed by atoms with van der Waals surface area (Å²) in [5.41, 5.74) is 0. The largest absolute Gasteiger partial charge is 0.377 e. The van der Waals surface area contributed by atoms with Crippen molar-refractivity contribution in [3.8, 4) is 0 Å². The van der Waals surface area contributed by atoms with Crippen molar-refractivity contribution in [2.24, 2.45) is 5.92 Å². The summed E-state index contributed by atoms with van der Waals surface area (Å²) in [4.78, 5) is 0. The molecule has 21 heavy (non-hydrogen) atoms. The predicted molar refractivity (Wildman–Crippen MR) is 82.4 cm³/mol. The lowest BCUT2D eigenvalue weighted by Gasteiger charge is -2.27. The molecule has 1 aromatic heterocycles. The van der Waals surface area contributed by atoms with Crippen LogP contribution >= 0.6 is 0 Å². The summed E-state index contributed by atoms with van der Waals surface area (Å²) in [7, 11) is 0. The Kier molecular flexibility index (Phi) is 4.91. The van der Waals surface area contributed by atoms with Gasteiger partial charge in [-0.2, -0.15) is 0 Å². The van der Waals surface area contributed by atoms with Crippen LogP contribution in [0.3, 0.4) is 0 Å². The highest BCUT2D eigenvalue weighted by atomic mass is 16.5. The van der Waals surface area contributed by atoms with E-state index in [0.29, 0.717) is 17.9 Å². The van der Waals surface area contributed by atoms with Crippen molar-refractivity contribution in [1.82, 2.24) is 20.1 Å². The summed E-state index contributed by atoms with van der Waals surface area (Å²) < 4.78 is 8.12. The molecule has 3 heterocycles. The van der Waals surface area contributed by atoms with E-state index in [0.717, 1.165) is 38.5 Å². The first-order chi connectivity index (χ1) is 10.2. The zero-order valence-corrected chi connectivity index (χ0v) is 13.3. The van der Waals surface area contributed by atoms with Crippen LogP contribution in [0.25, 0.3) is 0 Å². The van der Waals surface area contributed by atoms with Crippen LogP contribution in [-0.4, -0.2) is 40.6 Å². The normalized spacial score (nSPS) is 26.0. The van der Waals surface area contributed by atoms with E-state index < -0.39 is 0 Å². The Balaban J connectivity index is 1.48. The van der Waals surface area contributed by atoms with Gasteiger partial charge in [0.25, 0.3) is 0 Å². The van der Waals surface area contributed by atoms with Gasteiger partial charge in [-0.05, 0) is 38.1 Å². The Bertz CT molecular complexity index is 451. The quantitative estimate of drug-likeness (QED) is 0.903. The van der Waals surface area contributed by atoms with Crippen LogP contribution in [0.5, 0.6) is 0 Å². The average Bonchev–Trinajstić information content (AvgIpc) is 2.92. The molecule has 0 spiro atoms. The molecule has 0 aliphatic carbocycles. The second-order valence-electron chi connectivity index (χ2n) is 6.79. The molecule has 1 saturated heterocycles. The molecule has 2 aliphatic heterocycles. The highest BCUT2D eigenvalue weighted by Crippen LogP contribution is 2.23. The molecule has 118 valence electrons. The minimum absolute atomic E-state index is 0.430. The van der Waals surface area contributed by atoms with Crippen LogP contribution in [0.4, 0.5) is 0 Å². The number of rotatable bonds is 5. The first kappa shape index (κ1) is 15.0. The molecule has 1 fully saturated rings. The van der Waals surface area contributed by atoms with E-state index in [1.54, 1.807) is 0 Å². The van der Waals surface area contributed by atoms with Gasteiger partial charge in [-0.25, -0.2) is 0 Å². The third-order valence-corrected chi connectivity index (χ3v) is 4.67. The molecule has 0 unspecified atom stereocenters. The first-order valence-electron chi connectivity index (χ1n) is 8.48. The molecule has 1 N–H and O–H groups in total. The summed E-state index contributed by atoms with van der Waals surface area (Å²) in [6.45, 7) is 8.47. The van der Waals surface area contributed by atoms with Gasteiger partial charge in [0.05, 0.1) is 6.10 Å². The number of nitrogens with one attached hydrogen (secondary N) is 1. The van der Waals surface area contributed by atoms with Crippen LogP contribution < -0.4 is 5.32 Å². The standard InChI is InChI=1S/C16H28N4O/c1-12(2)16-19-18-15-7-6-13(11-20(15)16)9-17-10-14-5-3-4-8-21-14/h12-14,17H,3-11H2,1-2H3/t13-,14+/m1/s1. The van der Waals surface area contributed by atoms with E-state index in [-0.39, 0.29) is 0 Å². The highest BCUT2D eigenvalue weighted by molar-refractivity contribution is 5.03. The molecule has 0 amide bonds. The molecule has 0 bridgehead atoms. The minimum Gasteiger partial charge on any atom is -0.377 e. The van der Waals surface area contributed by atoms with Gasteiger partial charge in [-0.1, -0.05) is 13.8 Å². The van der Waals surface area contributed by atoms with Gasteiger partial charge in [0.15, 0.2) is 0 Å². The lowest BCUT2D eigenvalue weighted by atomic mass is 9.98. The van der Waals surface area contributed by atoms with Crippen molar-refractivity contribution in [3.63, 3.8) is 0 Å². The number of hydrogen-bond acceptors (Lipinski definition) is 4. The Morgan fingerprint density at radius 3 is 2.90 bits per heavy atom. The van der Waals surface area contributed by atoms with Gasteiger partial charge < -0.3 is 14.6 Å². The molecule has 5 heteroatoms. The van der Waals surface area contributed by atoms with Crippen molar-refractivity contribution in [2.45, 2.75) is 64.5 Å². The van der Waals surface area contributed by atoms with E-state index in [4.69, 9.17) is 4.74 Å². The number of aryl methyl sites for hydroxylation is 1. The van der Waals surface area contributed by atoms with Gasteiger partial charge in [0.1, 0.15) is 11.6 Å². The van der Waals surface area contributed by atoms with Crippen LogP contribution in [0.15, 0.2) is 0 Å². The number of fused-ring (bicyclic) bond motifs is 1. The van der Waals surface area contributed by atoms with E-state index in [9.17, 15) is 0 Å². The summed E-state index contributed by atoms with van der Waals surface area (Å²) >= 11 is 0. The lowest BCUT2D eigenvalue weighted by Crippen LogP contribution is -2.37. The molecular weight excluding hydrogens is 264 g/mol. The van der Waals surface area contributed by atoms with Gasteiger partial charge in [-0.3, -0.25) is 0 Å². The maximum Gasteiger partial charge on any atom is 0.135 e. The van der Waals surface area contributed by atoms with Crippen molar-refractivity contribution in [3.05, 3.63) is 11.6 Å². The van der Waals surface area contributed by atoms with E-state index in [1.165, 1.54) is 31.5 Å². The number of hydrogen-bond donors (Lipinski definition) is 1. The zero-order valence-electron chi connectivity index (χ0n) is 13.3. The second-order valence-corrected chi connectivity index (χ2v) is 6.79. The monoisotopic (exact) mass is 292 g/mol. The SMILES string of the molecule is CC(C)c1nnc2n1C[C@@H](CNC[C@@H]1CCCCO1)CC2. The first-order valence-corrected chi connectivity index (χ1v) is 8.48. The predicted octanol–water partition coefficient (Wildman–Crippen LogP) is 2.12. The average molecular weight is 292 g/mol. The maximum atomic E-state index is 5.77. The maximum absolute atomic E-state index is 5.77. The minimum atomic E-state index is 0.430. The van der Waals surface area contributed by atoms with E-state index in [2.05, 4.69) is 33.9 Å². The van der Waals surface area contributed by atoms with Crippen molar-refractivity contribution in [1.29, 1.82) is 0 Å². The molecule has 3 rings (SSSR count). The van der Waals surface area contributed by atoms with Crippen molar-refractivity contribution >= 4 is 0 Å². The molecule has 5 nitrogen and oxygen atoms in total. The Morgan fingerprint density at radius 2 is 2.14 bits per heavy atom. The van der Waals surface area contributed by atoms with Gasteiger partial charge in [-0.15, -0.1) is 10.2 Å². The van der Waals surface area contributed by atoms with Crippen molar-refractivity contribution < 1.29 is 4.74 Å². The van der Waals surface area contributed by atoms with Gasteiger partial charge in [0.2, 0.25) is 0 Å². The summed E-state index contributed by atoms with van der Waals surface area (Å²) in [6, 6.07) is 0. The van der Waals surface area contributed by atoms with Gasteiger partial charge >= 0.3 is 0 Å². The topological polar surface area (TPSA) is 52.0 Å². The van der Waals surface area contributed by atoms with E-state index in [1.807, 2.05) is 0 Å². The molecule has 2 aliphatic rings. The molecule has 0 aromatic carbocycles. The fourth-order valence-corrected chi connectivity index (χ4v) is 3.43. The molecule has 2 atom stereocenters. The number of ether oxygens (including phenoxy) is 1. The molecule has 1 aromatic rings. The Labute approximate surface area is 127 Å². The second kappa shape index (κ2) is 6.88. The fourth-order valence-electron chi connectivity index (χ4n) is 3.43. The van der Waals surface area contributed by atoms with Gasteiger partial charge in [0, 0.05) is 32.0 Å². The van der Waals surface area contributed by atoms with E-state index >= 15 is 0 Å². The molecule has 0 radical (unpaired) electrons. The fraction of sp³-hybridized carbons (Fsp3) is 0.875. The Hall–Kier alpha value is -0.940. The van der Waals surface area contributed by atoms with Crippen LogP contribution in [0, 0.1) is 5.92 Å². The highest BCUT2D eigenvalue weighted by Gasteiger charge is 2.24. The van der Waals surface area contributed by atoms with Crippen LogP contribution in [0.1, 0.15) is 57.1 Å².